The second-order valence-corrected chi connectivity index (χ2v) is 7.63. The summed E-state index contributed by atoms with van der Waals surface area (Å²) in [5.41, 5.74) is 3.48. The van der Waals surface area contributed by atoms with Crippen LogP contribution < -0.4 is 15.4 Å². The van der Waals surface area contributed by atoms with Gasteiger partial charge in [0.05, 0.1) is 19.7 Å². The fourth-order valence-corrected chi connectivity index (χ4v) is 3.93. The Balaban J connectivity index is 1.54. The van der Waals surface area contributed by atoms with Gasteiger partial charge in [0.15, 0.2) is 0 Å². The number of carbonyl (C=O) groups is 1. The Kier molecular flexibility index (Phi) is 7.23. The van der Waals surface area contributed by atoms with Crippen LogP contribution in [0.4, 0.5) is 0 Å². The molecule has 4 nitrogen and oxygen atoms in total. The van der Waals surface area contributed by atoms with Gasteiger partial charge in [-0.25, -0.2) is 0 Å². The summed E-state index contributed by atoms with van der Waals surface area (Å²) < 4.78 is 5.36. The van der Waals surface area contributed by atoms with Crippen molar-refractivity contribution in [3.63, 3.8) is 0 Å². The van der Waals surface area contributed by atoms with Crippen molar-refractivity contribution in [3.05, 3.63) is 87.6 Å². The average Bonchev–Trinajstić information content (AvgIpc) is 3.24. The maximum Gasteiger partial charge on any atom is 0.233 e. The number of benzene rings is 2. The second kappa shape index (κ2) is 10.1. The summed E-state index contributed by atoms with van der Waals surface area (Å²) in [6.07, 6.45) is 0.738. The minimum absolute atomic E-state index is 0.0106. The van der Waals surface area contributed by atoms with Gasteiger partial charge in [-0.15, -0.1) is 11.3 Å². The molecule has 0 radical (unpaired) electrons. The van der Waals surface area contributed by atoms with Crippen LogP contribution in [0.1, 0.15) is 27.6 Å². The van der Waals surface area contributed by atoms with Crippen LogP contribution in [0, 0.1) is 6.92 Å². The molecule has 0 aliphatic rings. The maximum absolute atomic E-state index is 12.3. The van der Waals surface area contributed by atoms with Gasteiger partial charge in [-0.3, -0.25) is 10.1 Å². The van der Waals surface area contributed by atoms with E-state index in [1.165, 1.54) is 10.4 Å². The third kappa shape index (κ3) is 5.44. The number of rotatable bonds is 9. The zero-order chi connectivity index (χ0) is 19.8. The van der Waals surface area contributed by atoms with Crippen molar-refractivity contribution in [2.24, 2.45) is 0 Å². The van der Waals surface area contributed by atoms with Gasteiger partial charge in [0.1, 0.15) is 5.75 Å². The summed E-state index contributed by atoms with van der Waals surface area (Å²) in [5.74, 6) is 0.843. The predicted molar refractivity (Wildman–Crippen MR) is 115 cm³/mol. The lowest BCUT2D eigenvalue weighted by molar-refractivity contribution is -0.120. The van der Waals surface area contributed by atoms with Crippen LogP contribution in [-0.4, -0.2) is 26.1 Å². The number of para-hydroxylation sites is 1. The lowest BCUT2D eigenvalue weighted by atomic mass is 10.0. The maximum atomic E-state index is 12.3. The zero-order valence-electron chi connectivity index (χ0n) is 16.3. The molecule has 0 unspecified atom stereocenters. The van der Waals surface area contributed by atoms with Gasteiger partial charge in [0, 0.05) is 11.4 Å². The van der Waals surface area contributed by atoms with E-state index in [1.54, 1.807) is 18.4 Å². The summed E-state index contributed by atoms with van der Waals surface area (Å²) in [5, 5.41) is 8.45. The number of hydrogen-bond acceptors (Lipinski definition) is 4. The first-order valence-corrected chi connectivity index (χ1v) is 10.3. The highest BCUT2D eigenvalue weighted by atomic mass is 32.1. The van der Waals surface area contributed by atoms with Crippen molar-refractivity contribution in [2.75, 3.05) is 20.2 Å². The Bertz CT molecular complexity index is 876. The minimum atomic E-state index is -0.0106. The van der Waals surface area contributed by atoms with Crippen molar-refractivity contribution >= 4 is 17.2 Å². The van der Waals surface area contributed by atoms with E-state index < -0.39 is 0 Å². The van der Waals surface area contributed by atoms with E-state index in [2.05, 4.69) is 53.3 Å². The minimum Gasteiger partial charge on any atom is -0.496 e. The fraction of sp³-hybridized carbons (Fsp3) is 0.261. The molecule has 1 atom stereocenters. The van der Waals surface area contributed by atoms with E-state index in [0.29, 0.717) is 6.54 Å². The molecular weight excluding hydrogens is 368 g/mol. The summed E-state index contributed by atoms with van der Waals surface area (Å²) >= 11 is 1.69. The number of hydrogen-bond donors (Lipinski definition) is 2. The molecule has 1 heterocycles. The molecule has 1 aromatic heterocycles. The van der Waals surface area contributed by atoms with Crippen molar-refractivity contribution in [1.29, 1.82) is 0 Å². The first kappa shape index (κ1) is 20.1. The first-order valence-electron chi connectivity index (χ1n) is 9.39. The highest BCUT2D eigenvalue weighted by Gasteiger charge is 2.16. The van der Waals surface area contributed by atoms with Crippen molar-refractivity contribution in [3.8, 4) is 5.75 Å². The molecule has 0 spiro atoms. The Morgan fingerprint density at radius 2 is 1.86 bits per heavy atom. The molecule has 5 heteroatoms. The molecule has 2 N–H and O–H groups in total. The van der Waals surface area contributed by atoms with E-state index in [1.807, 2.05) is 30.3 Å². The van der Waals surface area contributed by atoms with E-state index >= 15 is 0 Å². The van der Waals surface area contributed by atoms with Crippen LogP contribution in [0.25, 0.3) is 0 Å². The number of methoxy groups -OCH3 is 1. The van der Waals surface area contributed by atoms with Crippen LogP contribution >= 0.6 is 11.3 Å². The highest BCUT2D eigenvalue weighted by Crippen LogP contribution is 2.26. The van der Waals surface area contributed by atoms with Crippen LogP contribution in [-0.2, 0) is 11.2 Å². The zero-order valence-corrected chi connectivity index (χ0v) is 17.1. The number of carbonyl (C=O) groups excluding carboxylic acids is 1. The van der Waals surface area contributed by atoms with E-state index in [0.717, 1.165) is 23.3 Å². The van der Waals surface area contributed by atoms with Gasteiger partial charge >= 0.3 is 0 Å². The highest BCUT2D eigenvalue weighted by molar-refractivity contribution is 7.10. The molecule has 0 aliphatic heterocycles. The Morgan fingerprint density at radius 1 is 1.07 bits per heavy atom. The van der Waals surface area contributed by atoms with E-state index in [-0.39, 0.29) is 18.5 Å². The third-order valence-corrected chi connectivity index (χ3v) is 5.55. The SMILES string of the molecule is COc1ccccc1CCNC(=O)CN[C@@H](c1ccc(C)cc1)c1cccs1. The molecule has 0 fully saturated rings. The van der Waals surface area contributed by atoms with Crippen molar-refractivity contribution in [1.82, 2.24) is 10.6 Å². The van der Waals surface area contributed by atoms with Crippen LogP contribution in [0.2, 0.25) is 0 Å². The summed E-state index contributed by atoms with van der Waals surface area (Å²) in [6, 6.07) is 20.5. The standard InChI is InChI=1S/C23H26N2O2S/c1-17-9-11-19(12-10-17)23(21-8-5-15-28-21)25-16-22(26)24-14-13-18-6-3-4-7-20(18)27-2/h3-12,15,23,25H,13-14,16H2,1-2H3,(H,24,26)/t23-/m0/s1. The normalized spacial score (nSPS) is 11.8. The number of nitrogens with one attached hydrogen (secondary N) is 2. The van der Waals surface area contributed by atoms with Crippen LogP contribution in [0.3, 0.4) is 0 Å². The molecule has 0 saturated heterocycles. The second-order valence-electron chi connectivity index (χ2n) is 6.65. The molecule has 0 bridgehead atoms. The number of ether oxygens (including phenoxy) is 1. The van der Waals surface area contributed by atoms with Gasteiger partial charge in [-0.2, -0.15) is 0 Å². The molecule has 28 heavy (non-hydrogen) atoms. The molecule has 146 valence electrons. The van der Waals surface area contributed by atoms with Gasteiger partial charge in [-0.05, 0) is 42.0 Å². The van der Waals surface area contributed by atoms with Gasteiger partial charge in [0.25, 0.3) is 0 Å². The molecule has 3 aromatic rings. The largest absolute Gasteiger partial charge is 0.496 e. The fourth-order valence-electron chi connectivity index (χ4n) is 3.10. The van der Waals surface area contributed by atoms with E-state index in [4.69, 9.17) is 4.74 Å². The van der Waals surface area contributed by atoms with Crippen LogP contribution in [0.5, 0.6) is 5.75 Å². The summed E-state index contributed by atoms with van der Waals surface area (Å²) in [4.78, 5) is 13.5. The lowest BCUT2D eigenvalue weighted by Crippen LogP contribution is -2.36. The number of thiophene rings is 1. The summed E-state index contributed by atoms with van der Waals surface area (Å²) in [6.45, 7) is 2.92. The Labute approximate surface area is 170 Å². The Morgan fingerprint density at radius 3 is 2.57 bits per heavy atom. The Hall–Kier alpha value is -2.63. The van der Waals surface area contributed by atoms with Crippen LogP contribution in [0.15, 0.2) is 66.0 Å². The quantitative estimate of drug-likeness (QED) is 0.574. The van der Waals surface area contributed by atoms with Crippen molar-refractivity contribution in [2.45, 2.75) is 19.4 Å². The first-order chi connectivity index (χ1) is 13.7. The molecule has 1 amide bonds. The molecule has 3 rings (SSSR count). The monoisotopic (exact) mass is 394 g/mol. The lowest BCUT2D eigenvalue weighted by Gasteiger charge is -2.18. The summed E-state index contributed by atoms with van der Waals surface area (Å²) in [7, 11) is 1.66. The molecule has 0 saturated carbocycles. The van der Waals surface area contributed by atoms with Gasteiger partial charge in [-0.1, -0.05) is 54.1 Å². The number of amides is 1. The smallest absolute Gasteiger partial charge is 0.233 e. The predicted octanol–water partition coefficient (Wildman–Crippen LogP) is 4.10. The topological polar surface area (TPSA) is 50.4 Å². The molecule has 0 aliphatic carbocycles. The van der Waals surface area contributed by atoms with Gasteiger partial charge < -0.3 is 10.1 Å². The molecule has 2 aromatic carbocycles. The van der Waals surface area contributed by atoms with Crippen molar-refractivity contribution < 1.29 is 9.53 Å². The third-order valence-electron chi connectivity index (χ3n) is 4.61. The van der Waals surface area contributed by atoms with E-state index in [9.17, 15) is 4.79 Å². The van der Waals surface area contributed by atoms with Gasteiger partial charge in [0.2, 0.25) is 5.91 Å². The molecular formula is C23H26N2O2S. The number of aryl methyl sites for hydroxylation is 1. The average molecular weight is 395 g/mol.